The Morgan fingerprint density at radius 1 is 1.00 bits per heavy atom. The largest absolute Gasteiger partial charge is 0.349 e. The highest BCUT2D eigenvalue weighted by Gasteiger charge is 2.18. The first-order valence-electron chi connectivity index (χ1n) is 5.35. The standard InChI is InChI=1S/C14H14O3/c1-16-14(17-2)13(15)12-8-7-10-5-3-4-6-11(10)9-12/h3-9,14H,1-2H3. The van der Waals surface area contributed by atoms with E-state index in [9.17, 15) is 4.79 Å². The van der Waals surface area contributed by atoms with Crippen LogP contribution < -0.4 is 0 Å². The van der Waals surface area contributed by atoms with Crippen molar-refractivity contribution < 1.29 is 14.3 Å². The number of benzene rings is 2. The van der Waals surface area contributed by atoms with Crippen molar-refractivity contribution in [2.24, 2.45) is 0 Å². The lowest BCUT2D eigenvalue weighted by atomic mass is 10.0. The Hall–Kier alpha value is -1.71. The van der Waals surface area contributed by atoms with Crippen molar-refractivity contribution in [2.75, 3.05) is 14.2 Å². The molecule has 0 aromatic heterocycles. The summed E-state index contributed by atoms with van der Waals surface area (Å²) in [6.07, 6.45) is -0.837. The van der Waals surface area contributed by atoms with Gasteiger partial charge in [0.1, 0.15) is 0 Å². The minimum absolute atomic E-state index is 0.166. The lowest BCUT2D eigenvalue weighted by Crippen LogP contribution is -2.24. The van der Waals surface area contributed by atoms with E-state index in [1.54, 1.807) is 6.07 Å². The summed E-state index contributed by atoms with van der Waals surface area (Å²) in [5.74, 6) is -0.166. The van der Waals surface area contributed by atoms with Crippen molar-refractivity contribution in [1.29, 1.82) is 0 Å². The zero-order valence-electron chi connectivity index (χ0n) is 9.84. The molecule has 0 aliphatic carbocycles. The smallest absolute Gasteiger partial charge is 0.222 e. The second-order valence-electron chi connectivity index (χ2n) is 3.73. The van der Waals surface area contributed by atoms with Gasteiger partial charge in [-0.3, -0.25) is 4.79 Å². The summed E-state index contributed by atoms with van der Waals surface area (Å²) in [6, 6.07) is 13.5. The number of ether oxygens (including phenoxy) is 2. The van der Waals surface area contributed by atoms with E-state index in [4.69, 9.17) is 9.47 Å². The Morgan fingerprint density at radius 3 is 2.29 bits per heavy atom. The molecule has 0 spiro atoms. The summed E-state index contributed by atoms with van der Waals surface area (Å²) < 4.78 is 9.91. The Labute approximate surface area is 100.0 Å². The number of fused-ring (bicyclic) bond motifs is 1. The zero-order valence-corrected chi connectivity index (χ0v) is 9.84. The summed E-state index contributed by atoms with van der Waals surface area (Å²) >= 11 is 0. The molecule has 0 N–H and O–H groups in total. The molecule has 2 aromatic carbocycles. The van der Waals surface area contributed by atoms with Crippen molar-refractivity contribution in [3.63, 3.8) is 0 Å². The molecule has 0 saturated heterocycles. The minimum Gasteiger partial charge on any atom is -0.349 e. The fourth-order valence-corrected chi connectivity index (χ4v) is 1.79. The molecule has 0 saturated carbocycles. The van der Waals surface area contributed by atoms with Crippen LogP contribution in [0.15, 0.2) is 42.5 Å². The molecule has 3 heteroatoms. The lowest BCUT2D eigenvalue weighted by molar-refractivity contribution is -0.0742. The topological polar surface area (TPSA) is 35.5 Å². The second-order valence-corrected chi connectivity index (χ2v) is 3.73. The molecule has 0 aliphatic heterocycles. The van der Waals surface area contributed by atoms with E-state index in [1.165, 1.54) is 14.2 Å². The van der Waals surface area contributed by atoms with Crippen LogP contribution in [0, 0.1) is 0 Å². The zero-order chi connectivity index (χ0) is 12.3. The molecule has 3 nitrogen and oxygen atoms in total. The monoisotopic (exact) mass is 230 g/mol. The van der Waals surface area contributed by atoms with Crippen molar-refractivity contribution in [1.82, 2.24) is 0 Å². The quantitative estimate of drug-likeness (QED) is 0.598. The molecule has 88 valence electrons. The van der Waals surface area contributed by atoms with Crippen molar-refractivity contribution in [3.8, 4) is 0 Å². The molecular weight excluding hydrogens is 216 g/mol. The number of Topliss-reactive ketones (excluding diaryl/α,β-unsaturated/α-hetero) is 1. The van der Waals surface area contributed by atoms with Crippen molar-refractivity contribution in [2.45, 2.75) is 6.29 Å². The van der Waals surface area contributed by atoms with Crippen molar-refractivity contribution in [3.05, 3.63) is 48.0 Å². The maximum atomic E-state index is 12.0. The molecule has 2 rings (SSSR count). The normalized spacial score (nSPS) is 11.0. The van der Waals surface area contributed by atoms with Crippen molar-refractivity contribution >= 4 is 16.6 Å². The summed E-state index contributed by atoms with van der Waals surface area (Å²) in [6.45, 7) is 0. The van der Waals surface area contributed by atoms with Gasteiger partial charge in [-0.15, -0.1) is 0 Å². The first kappa shape index (κ1) is 11.8. The molecule has 0 fully saturated rings. The van der Waals surface area contributed by atoms with Gasteiger partial charge in [-0.2, -0.15) is 0 Å². The maximum Gasteiger partial charge on any atom is 0.222 e. The van der Waals surface area contributed by atoms with Crippen LogP contribution in [-0.4, -0.2) is 26.3 Å². The number of hydrogen-bond donors (Lipinski definition) is 0. The third kappa shape index (κ3) is 2.35. The van der Waals surface area contributed by atoms with Gasteiger partial charge in [0.2, 0.25) is 12.1 Å². The van der Waals surface area contributed by atoms with E-state index < -0.39 is 6.29 Å². The molecule has 0 amide bonds. The van der Waals surface area contributed by atoms with Crippen LogP contribution in [-0.2, 0) is 9.47 Å². The van der Waals surface area contributed by atoms with E-state index in [0.717, 1.165) is 10.8 Å². The van der Waals surface area contributed by atoms with Crippen LogP contribution in [0.1, 0.15) is 10.4 Å². The fraction of sp³-hybridized carbons (Fsp3) is 0.214. The summed E-state index contributed by atoms with van der Waals surface area (Å²) in [5, 5.41) is 2.14. The van der Waals surface area contributed by atoms with Gasteiger partial charge in [0.25, 0.3) is 0 Å². The van der Waals surface area contributed by atoms with Gasteiger partial charge < -0.3 is 9.47 Å². The van der Waals surface area contributed by atoms with Crippen LogP contribution in [0.5, 0.6) is 0 Å². The molecule has 2 aromatic rings. The second kappa shape index (κ2) is 5.08. The van der Waals surface area contributed by atoms with Gasteiger partial charge in [0, 0.05) is 19.8 Å². The summed E-state index contributed by atoms with van der Waals surface area (Å²) in [5.41, 5.74) is 0.595. The first-order valence-corrected chi connectivity index (χ1v) is 5.35. The lowest BCUT2D eigenvalue weighted by Gasteiger charge is -2.12. The number of carbonyl (C=O) groups is 1. The van der Waals surface area contributed by atoms with Gasteiger partial charge in [-0.1, -0.05) is 36.4 Å². The average molecular weight is 230 g/mol. The molecular formula is C14H14O3. The molecule has 0 radical (unpaired) electrons. The predicted molar refractivity (Wildman–Crippen MR) is 66.1 cm³/mol. The molecule has 0 heterocycles. The van der Waals surface area contributed by atoms with Crippen LogP contribution in [0.4, 0.5) is 0 Å². The van der Waals surface area contributed by atoms with Gasteiger partial charge in [0.15, 0.2) is 0 Å². The molecule has 0 unspecified atom stereocenters. The highest BCUT2D eigenvalue weighted by molar-refractivity contribution is 6.01. The SMILES string of the molecule is COC(OC)C(=O)c1ccc2ccccc2c1. The van der Waals surface area contributed by atoms with Gasteiger partial charge in [-0.25, -0.2) is 0 Å². The number of methoxy groups -OCH3 is 2. The number of ketones is 1. The average Bonchev–Trinajstić information content (AvgIpc) is 2.39. The number of carbonyl (C=O) groups excluding carboxylic acids is 1. The highest BCUT2D eigenvalue weighted by Crippen LogP contribution is 2.17. The third-order valence-corrected chi connectivity index (χ3v) is 2.68. The fourth-order valence-electron chi connectivity index (χ4n) is 1.79. The highest BCUT2D eigenvalue weighted by atomic mass is 16.7. The van der Waals surface area contributed by atoms with Crippen LogP contribution in [0.2, 0.25) is 0 Å². The Morgan fingerprint density at radius 2 is 1.65 bits per heavy atom. The molecule has 0 aliphatic rings. The molecule has 0 bridgehead atoms. The Bertz CT molecular complexity index is 530. The van der Waals surface area contributed by atoms with Gasteiger partial charge >= 0.3 is 0 Å². The number of rotatable bonds is 4. The third-order valence-electron chi connectivity index (χ3n) is 2.68. The van der Waals surface area contributed by atoms with Crippen LogP contribution in [0.3, 0.4) is 0 Å². The minimum atomic E-state index is -0.837. The van der Waals surface area contributed by atoms with E-state index in [-0.39, 0.29) is 5.78 Å². The van der Waals surface area contributed by atoms with Gasteiger partial charge in [0.05, 0.1) is 0 Å². The maximum absolute atomic E-state index is 12.0. The predicted octanol–water partition coefficient (Wildman–Crippen LogP) is 2.64. The van der Waals surface area contributed by atoms with E-state index in [0.29, 0.717) is 5.56 Å². The summed E-state index contributed by atoms with van der Waals surface area (Å²) in [4.78, 5) is 12.0. The molecule has 17 heavy (non-hydrogen) atoms. The van der Waals surface area contributed by atoms with E-state index in [2.05, 4.69) is 0 Å². The van der Waals surface area contributed by atoms with E-state index >= 15 is 0 Å². The summed E-state index contributed by atoms with van der Waals surface area (Å²) in [7, 11) is 2.90. The van der Waals surface area contributed by atoms with Crippen LogP contribution in [0.25, 0.3) is 10.8 Å². The first-order chi connectivity index (χ1) is 8.26. The van der Waals surface area contributed by atoms with Crippen LogP contribution >= 0.6 is 0 Å². The van der Waals surface area contributed by atoms with E-state index in [1.807, 2.05) is 36.4 Å². The molecule has 0 atom stereocenters. The van der Waals surface area contributed by atoms with Gasteiger partial charge in [-0.05, 0) is 16.8 Å². The number of hydrogen-bond acceptors (Lipinski definition) is 3. The Kier molecular flexibility index (Phi) is 3.52. The Balaban J connectivity index is 2.39.